The molecule has 0 radical (unpaired) electrons. The second-order valence-electron chi connectivity index (χ2n) is 9.34. The first kappa shape index (κ1) is 23.1. The summed E-state index contributed by atoms with van der Waals surface area (Å²) in [6.07, 6.45) is 13.6. The minimum absolute atomic E-state index is 0. The quantitative estimate of drug-likeness (QED) is 0.412. The van der Waals surface area contributed by atoms with Gasteiger partial charge in [-0.3, -0.25) is 4.99 Å². The number of aromatic nitrogens is 1. The molecule has 1 aromatic carbocycles. The monoisotopic (exact) mass is 506 g/mol. The van der Waals surface area contributed by atoms with Gasteiger partial charge in [0.1, 0.15) is 0 Å². The molecule has 5 heterocycles. The molecule has 0 atom stereocenters. The molecule has 0 unspecified atom stereocenters. The number of nitrogens with zero attached hydrogens (tertiary/aromatic N) is 4. The number of rotatable bonds is 1. The normalized spacial score (nSPS) is 20.9. The molecule has 35 heavy (non-hydrogen) atoms. The van der Waals surface area contributed by atoms with E-state index in [0.29, 0.717) is 17.0 Å². The fourth-order valence-corrected chi connectivity index (χ4v) is 4.65. The Balaban J connectivity index is 0.00000253. The average Bonchev–Trinajstić information content (AvgIpc) is 3.60. The van der Waals surface area contributed by atoms with Gasteiger partial charge < -0.3 is 10.1 Å². The van der Waals surface area contributed by atoms with Gasteiger partial charge in [-0.05, 0) is 53.2 Å². The molecule has 4 aliphatic heterocycles. The Labute approximate surface area is 217 Å². The maximum absolute atomic E-state index is 12.1. The minimum atomic E-state index is -0.116. The minimum Gasteiger partial charge on any atom is -0.877 e. The summed E-state index contributed by atoms with van der Waals surface area (Å²) >= 11 is 0. The number of hydrogen-bond acceptors (Lipinski definition) is 4. The van der Waals surface area contributed by atoms with Gasteiger partial charge in [-0.15, -0.1) is 17.6 Å². The van der Waals surface area contributed by atoms with Crippen molar-refractivity contribution in [2.75, 3.05) is 0 Å². The van der Waals surface area contributed by atoms with Crippen LogP contribution in [-0.2, 0) is 19.5 Å². The van der Waals surface area contributed by atoms with Crippen LogP contribution in [0.3, 0.4) is 0 Å². The molecule has 0 saturated carbocycles. The summed E-state index contributed by atoms with van der Waals surface area (Å²) in [5, 5.41) is 12.1. The van der Waals surface area contributed by atoms with Crippen LogP contribution >= 0.6 is 0 Å². The topological polar surface area (TPSA) is 74.2 Å². The summed E-state index contributed by atoms with van der Waals surface area (Å²) in [5.74, 6) is 0. The van der Waals surface area contributed by atoms with Crippen LogP contribution in [0.2, 0.25) is 0 Å². The Morgan fingerprint density at radius 2 is 1.69 bits per heavy atom. The van der Waals surface area contributed by atoms with Crippen molar-refractivity contribution in [3.8, 4) is 0 Å². The van der Waals surface area contributed by atoms with Crippen molar-refractivity contribution in [3.63, 3.8) is 0 Å². The van der Waals surface area contributed by atoms with E-state index in [2.05, 4.69) is 32.1 Å². The third-order valence-corrected chi connectivity index (χ3v) is 6.39. The maximum atomic E-state index is 12.1. The molecule has 2 aromatic rings. The first-order valence-electron chi connectivity index (χ1n) is 11.3. The summed E-state index contributed by atoms with van der Waals surface area (Å²) in [4.78, 5) is 19.4. The zero-order chi connectivity index (χ0) is 23.3. The van der Waals surface area contributed by atoms with E-state index >= 15 is 0 Å². The standard InChI is InChI=1S/C29H23N4O.Zn/c1-29(2)16-21-14-19-9-11-25(31-19)28(18-6-4-3-5-7-18)26-13-12-24(33-26)22(17-34)23-10-8-20(30-23)15-27(29)32-21;/h3-15,17H,16H2,1-2H3,(H-,30,31,32,33,34);/q-1;+2/p-1. The van der Waals surface area contributed by atoms with Gasteiger partial charge in [-0.1, -0.05) is 56.3 Å². The van der Waals surface area contributed by atoms with Crippen LogP contribution in [0.25, 0.3) is 11.1 Å². The summed E-state index contributed by atoms with van der Waals surface area (Å²) in [7, 11) is 0. The Hall–Kier alpha value is -3.63. The van der Waals surface area contributed by atoms with Gasteiger partial charge >= 0.3 is 19.5 Å². The number of aliphatic imine (C=N–C) groups is 3. The van der Waals surface area contributed by atoms with E-state index in [0.717, 1.165) is 58.0 Å². The van der Waals surface area contributed by atoms with Gasteiger partial charge in [0.2, 0.25) is 0 Å². The van der Waals surface area contributed by atoms with Crippen LogP contribution in [0.5, 0.6) is 0 Å². The SMILES string of the molecule is CC1(C)CC2=CC3=NC(=C(c4ccccc4)c4ccc([n-]4)/C(=C/[O-])C4=NC(=CC1=N2)C=C4)C=C3.[Zn+2]. The largest absolute Gasteiger partial charge is 2.00 e. The number of hydrogen-bond donors (Lipinski definition) is 0. The molecular weight excluding hydrogens is 486 g/mol. The van der Waals surface area contributed by atoms with E-state index in [1.165, 1.54) is 0 Å². The van der Waals surface area contributed by atoms with Crippen LogP contribution in [0.1, 0.15) is 37.2 Å². The van der Waals surface area contributed by atoms with E-state index < -0.39 is 0 Å². The molecule has 0 fully saturated rings. The van der Waals surface area contributed by atoms with Gasteiger partial charge in [-0.25, -0.2) is 9.98 Å². The molecule has 0 saturated heterocycles. The third-order valence-electron chi connectivity index (χ3n) is 6.39. The van der Waals surface area contributed by atoms with Crippen LogP contribution in [0.15, 0.2) is 117 Å². The smallest absolute Gasteiger partial charge is 0.877 e. The molecule has 0 spiro atoms. The van der Waals surface area contributed by atoms with E-state index in [1.807, 2.05) is 60.7 Å². The van der Waals surface area contributed by atoms with Crippen molar-refractivity contribution in [2.45, 2.75) is 20.3 Å². The molecule has 0 amide bonds. The van der Waals surface area contributed by atoms with Crippen molar-refractivity contribution in [1.29, 1.82) is 0 Å². The van der Waals surface area contributed by atoms with Crippen molar-refractivity contribution in [1.82, 2.24) is 4.98 Å². The molecule has 1 aromatic heterocycles. The molecule has 8 bridgehead atoms. The van der Waals surface area contributed by atoms with E-state index in [-0.39, 0.29) is 24.9 Å². The molecule has 6 heteroatoms. The summed E-state index contributed by atoms with van der Waals surface area (Å²) in [5.41, 5.74) is 8.73. The zero-order valence-corrected chi connectivity index (χ0v) is 22.7. The van der Waals surface area contributed by atoms with Crippen LogP contribution in [0.4, 0.5) is 0 Å². The van der Waals surface area contributed by atoms with Crippen molar-refractivity contribution >= 4 is 28.3 Å². The van der Waals surface area contributed by atoms with Crippen LogP contribution < -0.4 is 10.1 Å². The van der Waals surface area contributed by atoms with Crippen LogP contribution in [-0.4, -0.2) is 17.1 Å². The van der Waals surface area contributed by atoms with Gasteiger partial charge in [0.05, 0.1) is 22.8 Å². The Bertz CT molecular complexity index is 1490. The zero-order valence-electron chi connectivity index (χ0n) is 19.7. The van der Waals surface area contributed by atoms with E-state index in [1.54, 1.807) is 0 Å². The number of benzene rings is 1. The average molecular weight is 508 g/mol. The second-order valence-corrected chi connectivity index (χ2v) is 9.34. The van der Waals surface area contributed by atoms with Crippen molar-refractivity contribution in [3.05, 3.63) is 119 Å². The Kier molecular flexibility index (Phi) is 5.86. The van der Waals surface area contributed by atoms with E-state index in [4.69, 9.17) is 20.0 Å². The summed E-state index contributed by atoms with van der Waals surface area (Å²) in [6, 6.07) is 13.9. The first-order valence-corrected chi connectivity index (χ1v) is 11.3. The number of allylic oxidation sites excluding steroid dienone is 8. The molecule has 5 nitrogen and oxygen atoms in total. The third kappa shape index (κ3) is 4.19. The van der Waals surface area contributed by atoms with Crippen LogP contribution in [0, 0.1) is 5.41 Å². The molecule has 166 valence electrons. The van der Waals surface area contributed by atoms with Crippen molar-refractivity contribution in [2.24, 2.45) is 20.4 Å². The first-order chi connectivity index (χ1) is 16.5. The fourth-order valence-electron chi connectivity index (χ4n) is 4.65. The molecule has 0 N–H and O–H groups in total. The summed E-state index contributed by atoms with van der Waals surface area (Å²) in [6.45, 7) is 4.37. The predicted octanol–water partition coefficient (Wildman–Crippen LogP) is 4.78. The van der Waals surface area contributed by atoms with Gasteiger partial charge in [-0.2, -0.15) is 0 Å². The second kappa shape index (κ2) is 8.86. The Morgan fingerprint density at radius 3 is 2.49 bits per heavy atom. The molecular formula is C29H22N4OZn. The predicted molar refractivity (Wildman–Crippen MR) is 135 cm³/mol. The molecule has 4 aliphatic rings. The Morgan fingerprint density at radius 1 is 0.886 bits per heavy atom. The molecule has 6 rings (SSSR count). The number of fused-ring (bicyclic) bond motifs is 5. The van der Waals surface area contributed by atoms with Gasteiger partial charge in [0.25, 0.3) is 0 Å². The molecule has 0 aliphatic carbocycles. The van der Waals surface area contributed by atoms with E-state index in [9.17, 15) is 5.11 Å². The van der Waals surface area contributed by atoms with Gasteiger partial charge in [0, 0.05) is 23.2 Å². The maximum Gasteiger partial charge on any atom is 2.00 e. The van der Waals surface area contributed by atoms with Gasteiger partial charge in [0.15, 0.2) is 0 Å². The summed E-state index contributed by atoms with van der Waals surface area (Å²) < 4.78 is 0. The van der Waals surface area contributed by atoms with Crippen molar-refractivity contribution < 1.29 is 24.6 Å². The fraction of sp³-hybridized carbons (Fsp3) is 0.138.